The maximum Gasteiger partial charge on any atom is 0.410 e. The Labute approximate surface area is 166 Å². The van der Waals surface area contributed by atoms with Crippen LogP contribution in [0.3, 0.4) is 0 Å². The molecule has 1 amide bonds. The van der Waals surface area contributed by atoms with Gasteiger partial charge in [0.1, 0.15) is 12.4 Å². The van der Waals surface area contributed by atoms with Gasteiger partial charge >= 0.3 is 6.09 Å². The smallest absolute Gasteiger partial charge is 0.410 e. The fraction of sp³-hybridized carbons (Fsp3) is 0.375. The molecular weight excluding hydrogens is 350 g/mol. The Morgan fingerprint density at radius 2 is 1.86 bits per heavy atom. The van der Waals surface area contributed by atoms with Crippen LogP contribution in [-0.2, 0) is 11.3 Å². The van der Waals surface area contributed by atoms with E-state index in [-0.39, 0.29) is 18.2 Å². The summed E-state index contributed by atoms with van der Waals surface area (Å²) in [7, 11) is 0. The van der Waals surface area contributed by atoms with Crippen molar-refractivity contribution < 1.29 is 14.3 Å². The van der Waals surface area contributed by atoms with Crippen LogP contribution in [0.4, 0.5) is 4.79 Å². The van der Waals surface area contributed by atoms with E-state index in [0.29, 0.717) is 13.2 Å². The number of hydrogen-bond acceptors (Lipinski definition) is 3. The number of benzene rings is 2. The van der Waals surface area contributed by atoms with E-state index >= 15 is 0 Å². The molecule has 2 unspecified atom stereocenters. The maximum absolute atomic E-state index is 12.8. The number of nitrogens with zero attached hydrogens (tertiary/aromatic N) is 1. The zero-order chi connectivity index (χ0) is 19.3. The molecule has 0 aliphatic carbocycles. The Balaban J connectivity index is 1.52. The van der Waals surface area contributed by atoms with Gasteiger partial charge in [0, 0.05) is 11.6 Å². The summed E-state index contributed by atoms with van der Waals surface area (Å²) in [4.78, 5) is 14.8. The van der Waals surface area contributed by atoms with Crippen LogP contribution in [0, 0.1) is 0 Å². The summed E-state index contributed by atoms with van der Waals surface area (Å²) in [6, 6.07) is 18.3. The van der Waals surface area contributed by atoms with Crippen molar-refractivity contribution in [2.24, 2.45) is 0 Å². The van der Waals surface area contributed by atoms with E-state index in [2.05, 4.69) is 18.2 Å². The molecule has 2 aromatic rings. The van der Waals surface area contributed by atoms with Crippen LogP contribution in [0.25, 0.3) is 5.57 Å². The summed E-state index contributed by atoms with van der Waals surface area (Å²) >= 11 is 0. The van der Waals surface area contributed by atoms with Gasteiger partial charge in [0.2, 0.25) is 0 Å². The lowest BCUT2D eigenvalue weighted by Gasteiger charge is -2.44. The lowest BCUT2D eigenvalue weighted by atomic mass is 9.83. The van der Waals surface area contributed by atoms with Gasteiger partial charge in [-0.15, -0.1) is 0 Å². The Bertz CT molecular complexity index is 846. The van der Waals surface area contributed by atoms with Gasteiger partial charge in [-0.3, -0.25) is 4.90 Å². The molecule has 2 aromatic carbocycles. The molecule has 0 saturated carbocycles. The molecule has 2 atom stereocenters. The minimum atomic E-state index is -0.202. The van der Waals surface area contributed by atoms with Crippen molar-refractivity contribution in [1.29, 1.82) is 0 Å². The van der Waals surface area contributed by atoms with Crippen LogP contribution in [0.15, 0.2) is 60.7 Å². The molecule has 0 radical (unpaired) electrons. The van der Waals surface area contributed by atoms with Crippen molar-refractivity contribution in [2.45, 2.75) is 51.3 Å². The summed E-state index contributed by atoms with van der Waals surface area (Å²) in [5.41, 5.74) is 3.45. The molecule has 0 spiro atoms. The number of para-hydroxylation sites is 1. The second kappa shape index (κ2) is 8.51. The van der Waals surface area contributed by atoms with Crippen LogP contribution in [0.2, 0.25) is 0 Å². The van der Waals surface area contributed by atoms with Gasteiger partial charge in [0.25, 0.3) is 0 Å². The largest absolute Gasteiger partial charge is 0.493 e. The summed E-state index contributed by atoms with van der Waals surface area (Å²) in [6.07, 6.45) is 6.04. The summed E-state index contributed by atoms with van der Waals surface area (Å²) in [5, 5.41) is 0. The minimum absolute atomic E-state index is 0.0976. The van der Waals surface area contributed by atoms with E-state index in [0.717, 1.165) is 42.6 Å². The number of carbonyl (C=O) groups excluding carboxylic acids is 1. The molecule has 28 heavy (non-hydrogen) atoms. The number of rotatable bonds is 5. The Kier molecular flexibility index (Phi) is 5.65. The Morgan fingerprint density at radius 3 is 2.64 bits per heavy atom. The predicted molar refractivity (Wildman–Crippen MR) is 110 cm³/mol. The van der Waals surface area contributed by atoms with Gasteiger partial charge < -0.3 is 9.47 Å². The molecule has 0 N–H and O–H groups in total. The summed E-state index contributed by atoms with van der Waals surface area (Å²) in [5.74, 6) is 0.925. The Hall–Kier alpha value is -2.75. The van der Waals surface area contributed by atoms with E-state index in [1.807, 2.05) is 54.3 Å². The fourth-order valence-electron chi connectivity index (χ4n) is 4.32. The molecule has 1 saturated heterocycles. The summed E-state index contributed by atoms with van der Waals surface area (Å²) in [6.45, 7) is 2.97. The fourth-order valence-corrected chi connectivity index (χ4v) is 4.32. The van der Waals surface area contributed by atoms with Crippen LogP contribution >= 0.6 is 0 Å². The van der Waals surface area contributed by atoms with Crippen LogP contribution in [-0.4, -0.2) is 29.7 Å². The van der Waals surface area contributed by atoms with Crippen molar-refractivity contribution in [3.8, 4) is 5.75 Å². The number of ether oxygens (including phenoxy) is 2. The first-order valence-electron chi connectivity index (χ1n) is 10.2. The molecule has 0 aromatic heterocycles. The number of fused-ring (bicyclic) bond motifs is 2. The minimum Gasteiger partial charge on any atom is -0.493 e. The van der Waals surface area contributed by atoms with E-state index in [9.17, 15) is 4.79 Å². The quantitative estimate of drug-likeness (QED) is 0.697. The first-order valence-corrected chi connectivity index (χ1v) is 10.2. The molecule has 146 valence electrons. The maximum atomic E-state index is 12.8. The van der Waals surface area contributed by atoms with Crippen molar-refractivity contribution in [1.82, 2.24) is 4.90 Å². The van der Waals surface area contributed by atoms with Crippen LogP contribution in [0.5, 0.6) is 5.75 Å². The molecule has 2 bridgehead atoms. The molecule has 1 fully saturated rings. The van der Waals surface area contributed by atoms with Gasteiger partial charge in [-0.2, -0.15) is 0 Å². The average Bonchev–Trinajstić information content (AvgIpc) is 2.72. The van der Waals surface area contributed by atoms with Crippen LogP contribution < -0.4 is 4.74 Å². The SMILES string of the molecule is CCOc1ccccc1C1=CC2CCCC(C1)N2C(=O)OCc1ccccc1. The zero-order valence-corrected chi connectivity index (χ0v) is 16.3. The number of hydrogen-bond donors (Lipinski definition) is 0. The molecule has 4 heteroatoms. The second-order valence-electron chi connectivity index (χ2n) is 7.42. The third-order valence-electron chi connectivity index (χ3n) is 5.59. The monoisotopic (exact) mass is 377 g/mol. The molecule has 4 rings (SSSR count). The normalized spacial score (nSPS) is 21.0. The highest BCUT2D eigenvalue weighted by Crippen LogP contribution is 2.40. The van der Waals surface area contributed by atoms with E-state index in [1.165, 1.54) is 5.57 Å². The lowest BCUT2D eigenvalue weighted by molar-refractivity contribution is 0.0510. The van der Waals surface area contributed by atoms with Crippen molar-refractivity contribution in [3.05, 3.63) is 71.8 Å². The number of amides is 1. The van der Waals surface area contributed by atoms with Crippen molar-refractivity contribution in [3.63, 3.8) is 0 Å². The van der Waals surface area contributed by atoms with Gasteiger partial charge in [-0.1, -0.05) is 54.6 Å². The third kappa shape index (κ3) is 3.91. The van der Waals surface area contributed by atoms with Gasteiger partial charge in [0.05, 0.1) is 12.6 Å². The first-order chi connectivity index (χ1) is 13.8. The zero-order valence-electron chi connectivity index (χ0n) is 16.3. The number of carbonyl (C=O) groups is 1. The van der Waals surface area contributed by atoms with Crippen molar-refractivity contribution in [2.75, 3.05) is 6.61 Å². The second-order valence-corrected chi connectivity index (χ2v) is 7.42. The van der Waals surface area contributed by atoms with Gasteiger partial charge in [-0.05, 0) is 49.8 Å². The highest BCUT2D eigenvalue weighted by molar-refractivity contribution is 5.76. The standard InChI is InChI=1S/C24H27NO3/c1-2-27-23-14-7-6-13-22(23)19-15-20-11-8-12-21(16-19)25(20)24(26)28-17-18-9-4-3-5-10-18/h3-7,9-10,13-15,20-21H,2,8,11-12,16-17H2,1H3. The third-order valence-corrected chi connectivity index (χ3v) is 5.59. The topological polar surface area (TPSA) is 38.8 Å². The molecule has 2 aliphatic heterocycles. The highest BCUT2D eigenvalue weighted by Gasteiger charge is 2.38. The van der Waals surface area contributed by atoms with E-state index in [1.54, 1.807) is 0 Å². The van der Waals surface area contributed by atoms with Crippen LogP contribution in [0.1, 0.15) is 43.7 Å². The number of piperidine rings is 1. The lowest BCUT2D eigenvalue weighted by Crippen LogP contribution is -2.51. The first kappa shape index (κ1) is 18.6. The van der Waals surface area contributed by atoms with Gasteiger partial charge in [-0.25, -0.2) is 4.79 Å². The van der Waals surface area contributed by atoms with Crippen molar-refractivity contribution >= 4 is 11.7 Å². The average molecular weight is 377 g/mol. The molecule has 4 nitrogen and oxygen atoms in total. The highest BCUT2D eigenvalue weighted by atomic mass is 16.6. The van der Waals surface area contributed by atoms with Gasteiger partial charge in [0.15, 0.2) is 0 Å². The molecule has 2 heterocycles. The molecule has 2 aliphatic rings. The summed E-state index contributed by atoms with van der Waals surface area (Å²) < 4.78 is 11.5. The van der Waals surface area contributed by atoms with E-state index in [4.69, 9.17) is 9.47 Å². The Morgan fingerprint density at radius 1 is 1.07 bits per heavy atom. The van der Waals surface area contributed by atoms with E-state index < -0.39 is 0 Å². The predicted octanol–water partition coefficient (Wildman–Crippen LogP) is 5.43. The molecular formula is C24H27NO3.